The van der Waals surface area contributed by atoms with E-state index >= 15 is 0 Å². The van der Waals surface area contributed by atoms with E-state index in [-0.39, 0.29) is 11.8 Å². The summed E-state index contributed by atoms with van der Waals surface area (Å²) in [6.45, 7) is 0. The number of fused-ring (bicyclic) bond motifs is 2. The van der Waals surface area contributed by atoms with Gasteiger partial charge >= 0.3 is 37.9 Å². The molecule has 0 spiro atoms. The number of hydrogen-bond donors (Lipinski definition) is 0. The molecule has 2 nitrogen and oxygen atoms in total. The number of benzene rings is 6. The van der Waals surface area contributed by atoms with Crippen LogP contribution in [0.5, 0.6) is 0 Å². The summed E-state index contributed by atoms with van der Waals surface area (Å²) in [5, 5.41) is 0. The number of furan rings is 2. The van der Waals surface area contributed by atoms with E-state index in [1.807, 2.05) is 12.1 Å². The first-order valence-electron chi connectivity index (χ1n) is 19.5. The first-order valence-corrected chi connectivity index (χ1v) is 27.2. The van der Waals surface area contributed by atoms with Crippen LogP contribution < -0.4 is 0 Å². The molecule has 6 aromatic carbocycles. The van der Waals surface area contributed by atoms with Crippen molar-refractivity contribution in [1.29, 1.82) is 0 Å². The van der Waals surface area contributed by atoms with Gasteiger partial charge in [-0.25, -0.2) is 0 Å². The van der Waals surface area contributed by atoms with Crippen LogP contribution in [0.2, 0.25) is 12.1 Å². The summed E-state index contributed by atoms with van der Waals surface area (Å²) in [5.74, 6) is 4.15. The van der Waals surface area contributed by atoms with Crippen molar-refractivity contribution in [3.05, 3.63) is 216 Å². The van der Waals surface area contributed by atoms with Gasteiger partial charge in [0, 0.05) is 43.6 Å². The van der Waals surface area contributed by atoms with E-state index in [2.05, 4.69) is 182 Å². The normalized spacial score (nSPS) is 15.1. The van der Waals surface area contributed by atoms with Crippen LogP contribution in [-0.2, 0) is 20.8 Å². The number of hydrogen-bond acceptors (Lipinski definition) is 2. The Labute approximate surface area is 361 Å². The molecule has 2 radical (unpaired) electrons. The van der Waals surface area contributed by atoms with Crippen LogP contribution in [0.15, 0.2) is 191 Å². The molecule has 2 heterocycles. The van der Waals surface area contributed by atoms with Crippen molar-refractivity contribution in [1.82, 2.24) is 0 Å². The van der Waals surface area contributed by atoms with E-state index in [1.54, 1.807) is 0 Å². The van der Waals surface area contributed by atoms with E-state index in [1.165, 1.54) is 55.7 Å². The number of allylic oxidation sites excluding steroid dienone is 2. The summed E-state index contributed by atoms with van der Waals surface area (Å²) >= 11 is -0.826. The Balaban J connectivity index is 0.00000141. The quantitative estimate of drug-likeness (QED) is 0.128. The molecule has 10 rings (SSSR count). The van der Waals surface area contributed by atoms with Gasteiger partial charge in [0.25, 0.3) is 0 Å². The SMILES string of the molecule is C1=C(c2ccc(-c3ccccc3)o2)C(C[Si]CC2C(c3ccc(-c4ccccc4)o3)=Cc3c(-c4ccccc4)cccc32)c2cccc(-c3ccccc3)c21.[Cl][Zr][Cl]. The maximum atomic E-state index is 6.67. The first kappa shape index (κ1) is 38.6. The van der Waals surface area contributed by atoms with Crippen LogP contribution in [0.1, 0.15) is 45.6 Å². The Kier molecular flexibility index (Phi) is 11.9. The fraction of sp³-hybridized carbons (Fsp3) is 0.0769. The van der Waals surface area contributed by atoms with E-state index in [4.69, 9.17) is 25.9 Å². The molecule has 2 aromatic heterocycles. The zero-order valence-electron chi connectivity index (χ0n) is 31.6. The maximum absolute atomic E-state index is 6.67. The average Bonchev–Trinajstić information content (AvgIpc) is 4.11. The molecule has 0 saturated carbocycles. The fourth-order valence-electron chi connectivity index (χ4n) is 8.48. The van der Waals surface area contributed by atoms with Crippen molar-refractivity contribution in [2.45, 2.75) is 23.9 Å². The van der Waals surface area contributed by atoms with Gasteiger partial charge in [0.2, 0.25) is 0 Å². The summed E-state index contributed by atoms with van der Waals surface area (Å²) in [5.41, 5.74) is 15.1. The van der Waals surface area contributed by atoms with Gasteiger partial charge in [-0.3, -0.25) is 0 Å². The predicted molar refractivity (Wildman–Crippen MR) is 240 cm³/mol. The van der Waals surface area contributed by atoms with Gasteiger partial charge in [0.05, 0.1) is 0 Å². The molecule has 0 fully saturated rings. The van der Waals surface area contributed by atoms with Crippen molar-refractivity contribution >= 4 is 49.8 Å². The summed E-state index contributed by atoms with van der Waals surface area (Å²) in [6, 6.07) is 66.6. The third kappa shape index (κ3) is 7.92. The second kappa shape index (κ2) is 17.9. The summed E-state index contributed by atoms with van der Waals surface area (Å²) < 4.78 is 13.3. The van der Waals surface area contributed by atoms with Crippen LogP contribution >= 0.6 is 17.0 Å². The summed E-state index contributed by atoms with van der Waals surface area (Å²) in [7, 11) is 10.6. The molecule has 58 heavy (non-hydrogen) atoms. The fourth-order valence-corrected chi connectivity index (χ4v) is 10.1. The molecule has 2 unspecified atom stereocenters. The van der Waals surface area contributed by atoms with E-state index in [0.717, 1.165) is 46.3 Å². The monoisotopic (exact) mass is 882 g/mol. The topological polar surface area (TPSA) is 26.3 Å². The van der Waals surface area contributed by atoms with E-state index in [9.17, 15) is 0 Å². The van der Waals surface area contributed by atoms with Gasteiger partial charge < -0.3 is 8.83 Å². The van der Waals surface area contributed by atoms with Gasteiger partial charge in [0.15, 0.2) is 0 Å². The Bertz CT molecular complexity index is 2520. The number of rotatable bonds is 10. The van der Waals surface area contributed by atoms with Crippen molar-refractivity contribution in [2.75, 3.05) is 0 Å². The van der Waals surface area contributed by atoms with Crippen LogP contribution in [-0.4, -0.2) is 9.52 Å². The molecule has 6 heteroatoms. The standard InChI is InChI=1S/C52H38O2Si.2ClH.Zr/c1-5-15-35(16-6-1)39-23-13-25-41-43(39)31-45(51-29-27-49(53-51)37-19-9-3-10-20-37)47(41)33-55-34-48-42-26-14-24-40(36-17-7-2-8-18-36)44(42)32-46(48)52-30-28-50(54-52)38-21-11-4-12-22-38;;;/h1-32,47-48H,33-34H2;2*1H;/q;;;+2/p-2. The molecular formula is C52H38Cl2O2SiZr. The molecule has 0 N–H and O–H groups in total. The first-order chi connectivity index (χ1) is 28.7. The molecule has 0 bridgehead atoms. The molecule has 0 aliphatic heterocycles. The van der Waals surface area contributed by atoms with Crippen molar-refractivity contribution in [3.8, 4) is 44.9 Å². The Morgan fingerprint density at radius 2 is 0.741 bits per heavy atom. The van der Waals surface area contributed by atoms with Gasteiger partial charge in [-0.2, -0.15) is 0 Å². The van der Waals surface area contributed by atoms with Crippen LogP contribution in [0.4, 0.5) is 0 Å². The Morgan fingerprint density at radius 1 is 0.397 bits per heavy atom. The third-order valence-electron chi connectivity index (χ3n) is 11.1. The zero-order valence-corrected chi connectivity index (χ0v) is 36.6. The summed E-state index contributed by atoms with van der Waals surface area (Å²) in [4.78, 5) is 0. The van der Waals surface area contributed by atoms with Crippen LogP contribution in [0, 0.1) is 0 Å². The van der Waals surface area contributed by atoms with Crippen LogP contribution in [0.3, 0.4) is 0 Å². The molecule has 2 aliphatic rings. The molecule has 0 saturated heterocycles. The summed E-state index contributed by atoms with van der Waals surface area (Å²) in [6.07, 6.45) is 4.80. The van der Waals surface area contributed by atoms with Gasteiger partial charge in [-0.1, -0.05) is 158 Å². The van der Waals surface area contributed by atoms with Gasteiger partial charge in [-0.15, -0.1) is 0 Å². The van der Waals surface area contributed by atoms with Gasteiger partial charge in [-0.05, 0) is 93.0 Å². The second-order valence-corrected chi connectivity index (χ2v) is 19.5. The number of halogens is 2. The van der Waals surface area contributed by atoms with E-state index < -0.39 is 20.8 Å². The molecule has 2 aliphatic carbocycles. The average molecular weight is 885 g/mol. The van der Waals surface area contributed by atoms with Crippen LogP contribution in [0.25, 0.3) is 68.2 Å². The van der Waals surface area contributed by atoms with E-state index in [0.29, 0.717) is 9.52 Å². The Hall–Kier alpha value is -4.96. The zero-order chi connectivity index (χ0) is 39.3. The van der Waals surface area contributed by atoms with Crippen molar-refractivity contribution in [3.63, 3.8) is 0 Å². The minimum absolute atomic E-state index is 0.226. The molecular weight excluding hydrogens is 847 g/mol. The van der Waals surface area contributed by atoms with Crippen molar-refractivity contribution < 1.29 is 29.7 Å². The minimum atomic E-state index is -0.826. The molecule has 8 aromatic rings. The third-order valence-corrected chi connectivity index (χ3v) is 12.5. The van der Waals surface area contributed by atoms with Gasteiger partial charge in [0.1, 0.15) is 23.0 Å². The molecule has 280 valence electrons. The predicted octanol–water partition coefficient (Wildman–Crippen LogP) is 15.4. The second-order valence-electron chi connectivity index (χ2n) is 14.4. The molecule has 0 amide bonds. The molecule has 2 atom stereocenters. The van der Waals surface area contributed by atoms with Crippen molar-refractivity contribution in [2.24, 2.45) is 0 Å². The Morgan fingerprint density at radius 3 is 1.12 bits per heavy atom.